The molecule has 0 aliphatic rings. The summed E-state index contributed by atoms with van der Waals surface area (Å²) in [5.74, 6) is -0.198. The van der Waals surface area contributed by atoms with Gasteiger partial charge in [-0.25, -0.2) is 0 Å². The predicted octanol–water partition coefficient (Wildman–Crippen LogP) is 1.45. The Balaban J connectivity index is 2.04. The van der Waals surface area contributed by atoms with Gasteiger partial charge >= 0.3 is 0 Å². The minimum Gasteiger partial charge on any atom is -0.379 e. The van der Waals surface area contributed by atoms with Crippen LogP contribution in [0.2, 0.25) is 0 Å². The molecule has 0 fully saturated rings. The Kier molecular flexibility index (Phi) is 3.86. The van der Waals surface area contributed by atoms with Crippen molar-refractivity contribution in [2.75, 3.05) is 12.4 Å². The maximum absolute atomic E-state index is 11.4. The highest BCUT2D eigenvalue weighted by Gasteiger charge is 2.05. The molecule has 2 N–H and O–H groups in total. The Hall–Kier alpha value is -2.43. The van der Waals surface area contributed by atoms with Gasteiger partial charge in [0, 0.05) is 25.1 Å². The molecule has 0 aliphatic carbocycles. The van der Waals surface area contributed by atoms with Crippen LogP contribution in [0.5, 0.6) is 0 Å². The van der Waals surface area contributed by atoms with E-state index in [1.54, 1.807) is 25.5 Å². The number of aromatic nitrogens is 2. The largest absolute Gasteiger partial charge is 0.379 e. The van der Waals surface area contributed by atoms with Gasteiger partial charge in [0.05, 0.1) is 12.2 Å². The molecular weight excluding hydrogens is 228 g/mol. The van der Waals surface area contributed by atoms with Crippen LogP contribution in [0.4, 0.5) is 5.69 Å². The zero-order chi connectivity index (χ0) is 12.8. The molecule has 0 aliphatic heterocycles. The van der Waals surface area contributed by atoms with Crippen LogP contribution in [-0.4, -0.2) is 22.9 Å². The number of carbonyl (C=O) groups excluding carboxylic acids is 1. The summed E-state index contributed by atoms with van der Waals surface area (Å²) in [7, 11) is 1.58. The smallest absolute Gasteiger partial charge is 0.269 e. The summed E-state index contributed by atoms with van der Waals surface area (Å²) in [6.07, 6.45) is 3.35. The summed E-state index contributed by atoms with van der Waals surface area (Å²) < 4.78 is 0. The molecule has 0 saturated heterocycles. The van der Waals surface area contributed by atoms with Gasteiger partial charge in [0.15, 0.2) is 0 Å². The molecule has 0 aromatic carbocycles. The van der Waals surface area contributed by atoms with Gasteiger partial charge in [0.25, 0.3) is 5.91 Å². The van der Waals surface area contributed by atoms with E-state index in [1.807, 2.05) is 24.3 Å². The number of nitrogens with zero attached hydrogens (tertiary/aromatic N) is 2. The van der Waals surface area contributed by atoms with Crippen molar-refractivity contribution in [1.29, 1.82) is 0 Å². The second-order valence-corrected chi connectivity index (χ2v) is 3.68. The fourth-order valence-corrected chi connectivity index (χ4v) is 1.49. The van der Waals surface area contributed by atoms with Gasteiger partial charge in [-0.15, -0.1) is 0 Å². The lowest BCUT2D eigenvalue weighted by Gasteiger charge is -2.06. The number of pyridine rings is 2. The van der Waals surface area contributed by atoms with Gasteiger partial charge in [-0.1, -0.05) is 6.07 Å². The number of nitrogens with one attached hydrogen (secondary N) is 2. The van der Waals surface area contributed by atoms with E-state index in [9.17, 15) is 4.79 Å². The topological polar surface area (TPSA) is 66.9 Å². The zero-order valence-electron chi connectivity index (χ0n) is 10.1. The van der Waals surface area contributed by atoms with E-state index >= 15 is 0 Å². The second kappa shape index (κ2) is 5.77. The van der Waals surface area contributed by atoms with Gasteiger partial charge in [0.1, 0.15) is 5.69 Å². The molecule has 18 heavy (non-hydrogen) atoms. The number of carbonyl (C=O) groups is 1. The van der Waals surface area contributed by atoms with Crippen LogP contribution in [-0.2, 0) is 6.54 Å². The molecule has 0 saturated carbocycles. The molecule has 0 radical (unpaired) electrons. The highest BCUT2D eigenvalue weighted by atomic mass is 16.1. The van der Waals surface area contributed by atoms with Crippen LogP contribution < -0.4 is 10.6 Å². The van der Waals surface area contributed by atoms with E-state index in [-0.39, 0.29) is 5.91 Å². The van der Waals surface area contributed by atoms with E-state index in [0.717, 1.165) is 11.4 Å². The molecule has 2 heterocycles. The Morgan fingerprint density at radius 2 is 2.11 bits per heavy atom. The monoisotopic (exact) mass is 242 g/mol. The third-order valence-electron chi connectivity index (χ3n) is 2.42. The average molecular weight is 242 g/mol. The average Bonchev–Trinajstić information content (AvgIpc) is 2.45. The summed E-state index contributed by atoms with van der Waals surface area (Å²) in [6.45, 7) is 0.609. The van der Waals surface area contributed by atoms with Crippen LogP contribution in [0, 0.1) is 0 Å². The lowest BCUT2D eigenvalue weighted by atomic mass is 10.3. The van der Waals surface area contributed by atoms with Gasteiger partial charge in [0.2, 0.25) is 0 Å². The van der Waals surface area contributed by atoms with Crippen LogP contribution in [0.3, 0.4) is 0 Å². The number of hydrogen-bond donors (Lipinski definition) is 2. The van der Waals surface area contributed by atoms with Crippen molar-refractivity contribution in [3.8, 4) is 0 Å². The fraction of sp³-hybridized carbons (Fsp3) is 0.154. The maximum atomic E-state index is 11.4. The van der Waals surface area contributed by atoms with E-state index in [0.29, 0.717) is 12.2 Å². The molecule has 0 atom stereocenters. The van der Waals surface area contributed by atoms with Crippen molar-refractivity contribution in [2.45, 2.75) is 6.54 Å². The number of hydrogen-bond acceptors (Lipinski definition) is 4. The molecule has 5 heteroatoms. The summed E-state index contributed by atoms with van der Waals surface area (Å²) in [5.41, 5.74) is 2.17. The molecule has 2 aromatic rings. The molecular formula is C13H14N4O. The van der Waals surface area contributed by atoms with Gasteiger partial charge in [-0.3, -0.25) is 14.8 Å². The molecule has 0 unspecified atom stereocenters. The molecule has 2 aromatic heterocycles. The predicted molar refractivity (Wildman–Crippen MR) is 69.2 cm³/mol. The summed E-state index contributed by atoms with van der Waals surface area (Å²) >= 11 is 0. The highest BCUT2D eigenvalue weighted by molar-refractivity contribution is 5.92. The Labute approximate surface area is 105 Å². The first-order valence-corrected chi connectivity index (χ1v) is 5.61. The minimum absolute atomic E-state index is 0.198. The molecule has 2 rings (SSSR count). The third kappa shape index (κ3) is 3.04. The molecule has 92 valence electrons. The van der Waals surface area contributed by atoms with Crippen molar-refractivity contribution < 1.29 is 4.79 Å². The molecule has 1 amide bonds. The van der Waals surface area contributed by atoms with Crippen molar-refractivity contribution >= 4 is 11.6 Å². The summed E-state index contributed by atoms with van der Waals surface area (Å²) in [5, 5.41) is 5.74. The van der Waals surface area contributed by atoms with Crippen LogP contribution in [0.1, 0.15) is 16.2 Å². The van der Waals surface area contributed by atoms with Gasteiger partial charge in [-0.2, -0.15) is 0 Å². The van der Waals surface area contributed by atoms with Crippen LogP contribution in [0.15, 0.2) is 42.7 Å². The normalized spacial score (nSPS) is 9.83. The lowest BCUT2D eigenvalue weighted by Crippen LogP contribution is -2.19. The van der Waals surface area contributed by atoms with Crippen LogP contribution >= 0.6 is 0 Å². The number of rotatable bonds is 4. The van der Waals surface area contributed by atoms with Crippen LogP contribution in [0.25, 0.3) is 0 Å². The lowest BCUT2D eigenvalue weighted by molar-refractivity contribution is 0.0958. The molecule has 5 nitrogen and oxygen atoms in total. The maximum Gasteiger partial charge on any atom is 0.269 e. The van der Waals surface area contributed by atoms with Crippen molar-refractivity contribution in [3.63, 3.8) is 0 Å². The Morgan fingerprint density at radius 1 is 1.22 bits per heavy atom. The Morgan fingerprint density at radius 3 is 2.83 bits per heavy atom. The first kappa shape index (κ1) is 12.0. The first-order chi connectivity index (χ1) is 8.79. The zero-order valence-corrected chi connectivity index (χ0v) is 10.1. The highest BCUT2D eigenvalue weighted by Crippen LogP contribution is 2.09. The minimum atomic E-state index is -0.198. The molecule has 0 bridgehead atoms. The van der Waals surface area contributed by atoms with E-state index in [1.165, 1.54) is 0 Å². The number of amides is 1. The van der Waals surface area contributed by atoms with E-state index in [4.69, 9.17) is 0 Å². The number of anilines is 1. The Bertz CT molecular complexity index is 528. The SMILES string of the molecule is CNC(=O)c1cc(NCc2ccccn2)ccn1. The van der Waals surface area contributed by atoms with Gasteiger partial charge < -0.3 is 10.6 Å². The standard InChI is InChI=1S/C13H14N4O/c1-14-13(18)12-8-10(5-7-16-12)17-9-11-4-2-3-6-15-11/h2-8H,9H2,1H3,(H,14,18)(H,16,17). The van der Waals surface area contributed by atoms with Crippen molar-refractivity contribution in [2.24, 2.45) is 0 Å². The van der Waals surface area contributed by atoms with E-state index < -0.39 is 0 Å². The summed E-state index contributed by atoms with van der Waals surface area (Å²) in [6, 6.07) is 9.27. The second-order valence-electron chi connectivity index (χ2n) is 3.68. The third-order valence-corrected chi connectivity index (χ3v) is 2.42. The molecule has 0 spiro atoms. The van der Waals surface area contributed by atoms with Gasteiger partial charge in [-0.05, 0) is 24.3 Å². The fourth-order valence-electron chi connectivity index (χ4n) is 1.49. The quantitative estimate of drug-likeness (QED) is 0.851. The first-order valence-electron chi connectivity index (χ1n) is 5.61. The van der Waals surface area contributed by atoms with Crippen molar-refractivity contribution in [1.82, 2.24) is 15.3 Å². The van der Waals surface area contributed by atoms with Crippen molar-refractivity contribution in [3.05, 3.63) is 54.1 Å². The van der Waals surface area contributed by atoms with E-state index in [2.05, 4.69) is 20.6 Å². The summed E-state index contributed by atoms with van der Waals surface area (Å²) in [4.78, 5) is 19.6.